The van der Waals surface area contributed by atoms with Crippen LogP contribution in [0.1, 0.15) is 5.69 Å². The molecule has 0 aliphatic heterocycles. The monoisotopic (exact) mass is 264 g/mol. The van der Waals surface area contributed by atoms with Crippen LogP contribution in [0.4, 0.5) is 0 Å². The molecule has 1 aromatic heterocycles. The molecule has 0 aliphatic rings. The third-order valence-electron chi connectivity index (χ3n) is 2.87. The van der Waals surface area contributed by atoms with Gasteiger partial charge in [0.05, 0.1) is 34.0 Å². The van der Waals surface area contributed by atoms with Gasteiger partial charge in [0.15, 0.2) is 11.5 Å². The van der Waals surface area contributed by atoms with E-state index in [1.54, 1.807) is 27.4 Å². The van der Waals surface area contributed by atoms with Crippen molar-refractivity contribution >= 4 is 16.8 Å². The van der Waals surface area contributed by atoms with Crippen LogP contribution in [0.5, 0.6) is 17.2 Å². The summed E-state index contributed by atoms with van der Waals surface area (Å²) in [5.41, 5.74) is 1.29. The molecule has 6 heteroatoms. The second-order valence-electron chi connectivity index (χ2n) is 3.83. The largest absolute Gasteiger partial charge is 0.493 e. The highest BCUT2D eigenvalue weighted by molar-refractivity contribution is 5.99. The number of hydrogen-bond acceptors (Lipinski definition) is 5. The zero-order valence-corrected chi connectivity index (χ0v) is 11.3. The van der Waals surface area contributed by atoms with Gasteiger partial charge in [-0.05, 0) is 12.1 Å². The molecule has 1 aromatic carbocycles. The van der Waals surface area contributed by atoms with Crippen LogP contribution < -0.4 is 14.2 Å². The molecule has 6 nitrogen and oxygen atoms in total. The highest BCUT2D eigenvalue weighted by atomic mass is 16.5. The lowest BCUT2D eigenvalue weighted by Crippen LogP contribution is -2.00. The molecule has 0 spiro atoms. The predicted octanol–water partition coefficient (Wildman–Crippen LogP) is 2.17. The van der Waals surface area contributed by atoms with E-state index in [0.717, 1.165) is 10.9 Å². The number of nitrogens with one attached hydrogen (secondary N) is 2. The lowest BCUT2D eigenvalue weighted by atomic mass is 10.2. The molecule has 0 fully saturated rings. The molecule has 0 bridgehead atoms. The molecule has 0 saturated carbocycles. The number of benzene rings is 1. The highest BCUT2D eigenvalue weighted by Gasteiger charge is 2.18. The van der Waals surface area contributed by atoms with Crippen molar-refractivity contribution in [2.24, 2.45) is 0 Å². The van der Waals surface area contributed by atoms with Gasteiger partial charge in [0.2, 0.25) is 11.6 Å². The fourth-order valence-electron chi connectivity index (χ4n) is 1.98. The lowest BCUT2D eigenvalue weighted by Gasteiger charge is -2.12. The van der Waals surface area contributed by atoms with Crippen LogP contribution in [0, 0.1) is 5.41 Å². The van der Waals surface area contributed by atoms with Crippen molar-refractivity contribution < 1.29 is 18.9 Å². The van der Waals surface area contributed by atoms with E-state index < -0.39 is 0 Å². The maximum absolute atomic E-state index is 7.68. The van der Waals surface area contributed by atoms with Crippen molar-refractivity contribution in [3.05, 3.63) is 17.8 Å². The second-order valence-corrected chi connectivity index (χ2v) is 3.83. The number of rotatable bonds is 4. The maximum atomic E-state index is 7.68. The Morgan fingerprint density at radius 3 is 2.21 bits per heavy atom. The van der Waals surface area contributed by atoms with Gasteiger partial charge in [-0.25, -0.2) is 0 Å². The van der Waals surface area contributed by atoms with Crippen LogP contribution >= 0.6 is 0 Å². The zero-order valence-electron chi connectivity index (χ0n) is 11.3. The molecular formula is C13H16N2O4. The Bertz CT molecular complexity index is 619. The van der Waals surface area contributed by atoms with Crippen LogP contribution in [0.2, 0.25) is 0 Å². The number of hydrogen-bond donors (Lipinski definition) is 2. The average Bonchev–Trinajstić information content (AvgIpc) is 2.87. The van der Waals surface area contributed by atoms with E-state index in [4.69, 9.17) is 24.4 Å². The molecule has 2 rings (SSSR count). The molecule has 1 heterocycles. The standard InChI is InChI=1S/C13H16N2O4/c1-16-9-6-7-5-8(13(14)19-4)15-10(7)12(18-3)11(9)17-2/h5-6,14-15H,1-4H3. The smallest absolute Gasteiger partial charge is 0.229 e. The molecule has 0 radical (unpaired) electrons. The Morgan fingerprint density at radius 1 is 1.00 bits per heavy atom. The minimum Gasteiger partial charge on any atom is -0.493 e. The Hall–Kier alpha value is -2.37. The van der Waals surface area contributed by atoms with Gasteiger partial charge in [-0.2, -0.15) is 0 Å². The average molecular weight is 264 g/mol. The van der Waals surface area contributed by atoms with E-state index in [-0.39, 0.29) is 5.90 Å². The molecule has 0 amide bonds. The van der Waals surface area contributed by atoms with Gasteiger partial charge in [-0.15, -0.1) is 0 Å². The van der Waals surface area contributed by atoms with Gasteiger partial charge in [0.25, 0.3) is 0 Å². The maximum Gasteiger partial charge on any atom is 0.229 e. The Labute approximate surface area is 110 Å². The van der Waals surface area contributed by atoms with Crippen LogP contribution in [0.25, 0.3) is 10.9 Å². The quantitative estimate of drug-likeness (QED) is 0.655. The third-order valence-corrected chi connectivity index (χ3v) is 2.87. The van der Waals surface area contributed by atoms with Gasteiger partial charge in [0, 0.05) is 5.39 Å². The van der Waals surface area contributed by atoms with Gasteiger partial charge in [0.1, 0.15) is 5.69 Å². The molecular weight excluding hydrogens is 248 g/mol. The number of methoxy groups -OCH3 is 4. The topological polar surface area (TPSA) is 76.6 Å². The van der Waals surface area contributed by atoms with Crippen molar-refractivity contribution in [1.29, 1.82) is 5.41 Å². The Balaban J connectivity index is 2.73. The summed E-state index contributed by atoms with van der Waals surface area (Å²) in [5.74, 6) is 1.67. The first kappa shape index (κ1) is 13.1. The predicted molar refractivity (Wildman–Crippen MR) is 71.8 cm³/mol. The molecule has 0 aliphatic carbocycles. The van der Waals surface area contributed by atoms with Crippen LogP contribution in [0.15, 0.2) is 12.1 Å². The van der Waals surface area contributed by atoms with Crippen LogP contribution in [-0.2, 0) is 4.74 Å². The van der Waals surface area contributed by atoms with Gasteiger partial charge in [-0.1, -0.05) is 0 Å². The Morgan fingerprint density at radius 2 is 1.68 bits per heavy atom. The van der Waals surface area contributed by atoms with Gasteiger partial charge in [-0.3, -0.25) is 5.41 Å². The minimum absolute atomic E-state index is 0.0520. The minimum atomic E-state index is 0.0520. The van der Waals surface area contributed by atoms with Crippen molar-refractivity contribution in [1.82, 2.24) is 4.98 Å². The summed E-state index contributed by atoms with van der Waals surface area (Å²) < 4.78 is 20.9. The van der Waals surface area contributed by atoms with E-state index in [1.165, 1.54) is 7.11 Å². The molecule has 19 heavy (non-hydrogen) atoms. The lowest BCUT2D eigenvalue weighted by molar-refractivity contribution is 0.327. The second kappa shape index (κ2) is 5.09. The van der Waals surface area contributed by atoms with Crippen molar-refractivity contribution in [3.63, 3.8) is 0 Å². The Kier molecular flexibility index (Phi) is 3.50. The van der Waals surface area contributed by atoms with Crippen molar-refractivity contribution in [2.45, 2.75) is 0 Å². The molecule has 0 unspecified atom stereocenters. The summed E-state index contributed by atoms with van der Waals surface area (Å²) >= 11 is 0. The van der Waals surface area contributed by atoms with E-state index in [9.17, 15) is 0 Å². The number of aromatic amines is 1. The summed E-state index contributed by atoms with van der Waals surface area (Å²) in [4.78, 5) is 3.08. The van der Waals surface area contributed by atoms with Gasteiger partial charge >= 0.3 is 0 Å². The normalized spacial score (nSPS) is 10.3. The van der Waals surface area contributed by atoms with Gasteiger partial charge < -0.3 is 23.9 Å². The number of aromatic nitrogens is 1. The van der Waals surface area contributed by atoms with E-state index >= 15 is 0 Å². The molecule has 0 atom stereocenters. The fourth-order valence-corrected chi connectivity index (χ4v) is 1.98. The zero-order chi connectivity index (χ0) is 14.0. The first-order chi connectivity index (χ1) is 9.15. The number of ether oxygens (including phenoxy) is 4. The summed E-state index contributed by atoms with van der Waals surface area (Å²) in [5, 5.41) is 8.53. The van der Waals surface area contributed by atoms with E-state index in [2.05, 4.69) is 4.98 Å². The van der Waals surface area contributed by atoms with E-state index in [1.807, 2.05) is 6.07 Å². The van der Waals surface area contributed by atoms with Crippen molar-refractivity contribution in [3.8, 4) is 17.2 Å². The fraction of sp³-hybridized carbons (Fsp3) is 0.308. The van der Waals surface area contributed by atoms with Crippen LogP contribution in [0.3, 0.4) is 0 Å². The molecule has 0 saturated heterocycles. The first-order valence-electron chi connectivity index (χ1n) is 5.60. The summed E-state index contributed by atoms with van der Waals surface area (Å²) in [6.07, 6.45) is 0. The summed E-state index contributed by atoms with van der Waals surface area (Å²) in [6, 6.07) is 3.62. The summed E-state index contributed by atoms with van der Waals surface area (Å²) in [6.45, 7) is 0. The summed E-state index contributed by atoms with van der Waals surface area (Å²) in [7, 11) is 6.12. The number of H-pyrrole nitrogens is 1. The van der Waals surface area contributed by atoms with E-state index in [0.29, 0.717) is 22.9 Å². The van der Waals surface area contributed by atoms with Crippen molar-refractivity contribution in [2.75, 3.05) is 28.4 Å². The first-order valence-corrected chi connectivity index (χ1v) is 5.60. The number of fused-ring (bicyclic) bond motifs is 1. The SMILES string of the molecule is COC(=N)c1cc2cc(OC)c(OC)c(OC)c2[nH]1. The molecule has 2 N–H and O–H groups in total. The third kappa shape index (κ3) is 2.05. The highest BCUT2D eigenvalue weighted by Crippen LogP contribution is 2.43. The molecule has 102 valence electrons. The van der Waals surface area contributed by atoms with Crippen LogP contribution in [-0.4, -0.2) is 39.3 Å². The molecule has 2 aromatic rings.